The van der Waals surface area contributed by atoms with E-state index in [1.54, 1.807) is 7.11 Å². The number of ether oxygens (including phenoxy) is 1. The first-order valence-electron chi connectivity index (χ1n) is 9.19. The van der Waals surface area contributed by atoms with Crippen LogP contribution in [0.2, 0.25) is 0 Å². The molecule has 136 valence electrons. The van der Waals surface area contributed by atoms with Crippen molar-refractivity contribution in [1.82, 2.24) is 0 Å². The number of carbonyl (C=O) groups is 1. The van der Waals surface area contributed by atoms with E-state index in [-0.39, 0.29) is 5.78 Å². The Hall–Kier alpha value is -3.59. The number of hydrogen-bond donors (Lipinski definition) is 0. The lowest BCUT2D eigenvalue weighted by atomic mass is 9.94. The van der Waals surface area contributed by atoms with Gasteiger partial charge in [0.05, 0.1) is 7.11 Å². The van der Waals surface area contributed by atoms with Gasteiger partial charge >= 0.3 is 0 Å². The van der Waals surface area contributed by atoms with Crippen molar-refractivity contribution in [3.05, 3.63) is 89.5 Å². The molecule has 5 rings (SSSR count). The molecule has 0 spiro atoms. The number of benzene rings is 4. The maximum absolute atomic E-state index is 13.3. The minimum Gasteiger partial charge on any atom is -0.497 e. The SMILES string of the molecule is COc1ccc2c(c1)oc1cc(C(=O)c3ccc(C)cc3)c3ccccc3c12. The van der Waals surface area contributed by atoms with E-state index in [2.05, 4.69) is 0 Å². The van der Waals surface area contributed by atoms with E-state index < -0.39 is 0 Å². The average molecular weight is 366 g/mol. The lowest BCUT2D eigenvalue weighted by Gasteiger charge is -2.08. The fourth-order valence-corrected chi connectivity index (χ4v) is 3.80. The van der Waals surface area contributed by atoms with Crippen LogP contribution in [0.25, 0.3) is 32.7 Å². The molecule has 0 fully saturated rings. The Kier molecular flexibility index (Phi) is 3.69. The molecule has 0 amide bonds. The lowest BCUT2D eigenvalue weighted by molar-refractivity contribution is 0.104. The third-order valence-corrected chi connectivity index (χ3v) is 5.24. The summed E-state index contributed by atoms with van der Waals surface area (Å²) in [6, 6.07) is 23.4. The molecule has 0 aliphatic heterocycles. The second-order valence-corrected chi connectivity index (χ2v) is 7.00. The van der Waals surface area contributed by atoms with E-state index in [0.29, 0.717) is 16.7 Å². The Morgan fingerprint density at radius 1 is 0.821 bits per heavy atom. The van der Waals surface area contributed by atoms with E-state index in [0.717, 1.165) is 38.4 Å². The summed E-state index contributed by atoms with van der Waals surface area (Å²) in [5.74, 6) is 0.739. The molecule has 0 atom stereocenters. The Morgan fingerprint density at radius 3 is 2.32 bits per heavy atom. The Bertz CT molecular complexity index is 1360. The van der Waals surface area contributed by atoms with Gasteiger partial charge in [0.1, 0.15) is 16.9 Å². The van der Waals surface area contributed by atoms with Gasteiger partial charge in [-0.05, 0) is 35.9 Å². The third kappa shape index (κ3) is 2.48. The maximum atomic E-state index is 13.3. The van der Waals surface area contributed by atoms with Crippen molar-refractivity contribution >= 4 is 38.5 Å². The summed E-state index contributed by atoms with van der Waals surface area (Å²) in [5, 5.41) is 3.98. The Labute approximate surface area is 162 Å². The van der Waals surface area contributed by atoms with Crippen LogP contribution in [0.1, 0.15) is 21.5 Å². The molecule has 1 aromatic heterocycles. The minimum absolute atomic E-state index is 0.00358. The largest absolute Gasteiger partial charge is 0.497 e. The molecule has 0 radical (unpaired) electrons. The molecule has 0 N–H and O–H groups in total. The molecule has 0 saturated carbocycles. The minimum atomic E-state index is -0.00358. The first-order valence-corrected chi connectivity index (χ1v) is 9.19. The number of rotatable bonds is 3. The van der Waals surface area contributed by atoms with Crippen LogP contribution in [0.5, 0.6) is 5.75 Å². The molecular formula is C25H18O3. The Balaban J connectivity index is 1.83. The average Bonchev–Trinajstić information content (AvgIpc) is 3.11. The monoisotopic (exact) mass is 366 g/mol. The smallest absolute Gasteiger partial charge is 0.193 e. The zero-order valence-corrected chi connectivity index (χ0v) is 15.7. The van der Waals surface area contributed by atoms with E-state index >= 15 is 0 Å². The van der Waals surface area contributed by atoms with Crippen LogP contribution >= 0.6 is 0 Å². The number of ketones is 1. The predicted molar refractivity (Wildman–Crippen MR) is 112 cm³/mol. The van der Waals surface area contributed by atoms with E-state index in [9.17, 15) is 4.79 Å². The molecule has 4 aromatic carbocycles. The van der Waals surface area contributed by atoms with Gasteiger partial charge in [0, 0.05) is 28.0 Å². The first kappa shape index (κ1) is 16.6. The van der Waals surface area contributed by atoms with E-state index in [4.69, 9.17) is 9.15 Å². The van der Waals surface area contributed by atoms with Crippen molar-refractivity contribution in [2.75, 3.05) is 7.11 Å². The normalized spacial score (nSPS) is 11.4. The zero-order valence-electron chi connectivity index (χ0n) is 15.7. The van der Waals surface area contributed by atoms with E-state index in [1.807, 2.05) is 79.7 Å². The predicted octanol–water partition coefficient (Wildman–Crippen LogP) is 6.29. The highest BCUT2D eigenvalue weighted by Gasteiger charge is 2.18. The third-order valence-electron chi connectivity index (χ3n) is 5.24. The Morgan fingerprint density at radius 2 is 1.57 bits per heavy atom. The summed E-state index contributed by atoms with van der Waals surface area (Å²) in [7, 11) is 1.64. The van der Waals surface area contributed by atoms with Crippen LogP contribution < -0.4 is 4.74 Å². The summed E-state index contributed by atoms with van der Waals surface area (Å²) in [4.78, 5) is 13.3. The highest BCUT2D eigenvalue weighted by Crippen LogP contribution is 2.38. The number of furan rings is 1. The molecule has 0 saturated heterocycles. The number of carbonyl (C=O) groups excluding carboxylic acids is 1. The highest BCUT2D eigenvalue weighted by molar-refractivity contribution is 6.26. The first-order chi connectivity index (χ1) is 13.7. The molecule has 3 heteroatoms. The lowest BCUT2D eigenvalue weighted by Crippen LogP contribution is -2.02. The second kappa shape index (κ2) is 6.24. The van der Waals surface area contributed by atoms with Crippen molar-refractivity contribution in [2.45, 2.75) is 6.92 Å². The van der Waals surface area contributed by atoms with Gasteiger partial charge in [0.2, 0.25) is 0 Å². The quantitative estimate of drug-likeness (QED) is 0.352. The van der Waals surface area contributed by atoms with Crippen LogP contribution in [-0.2, 0) is 0 Å². The van der Waals surface area contributed by atoms with Crippen molar-refractivity contribution in [3.63, 3.8) is 0 Å². The van der Waals surface area contributed by atoms with Gasteiger partial charge in [0.25, 0.3) is 0 Å². The van der Waals surface area contributed by atoms with Crippen molar-refractivity contribution in [3.8, 4) is 5.75 Å². The van der Waals surface area contributed by atoms with Crippen molar-refractivity contribution in [1.29, 1.82) is 0 Å². The van der Waals surface area contributed by atoms with Crippen LogP contribution in [0.3, 0.4) is 0 Å². The summed E-state index contributed by atoms with van der Waals surface area (Å²) in [5.41, 5.74) is 3.91. The molecule has 5 aromatic rings. The topological polar surface area (TPSA) is 39.4 Å². The van der Waals surface area contributed by atoms with Gasteiger partial charge in [-0.1, -0.05) is 54.1 Å². The van der Waals surface area contributed by atoms with Gasteiger partial charge in [-0.3, -0.25) is 4.79 Å². The van der Waals surface area contributed by atoms with Gasteiger partial charge in [-0.15, -0.1) is 0 Å². The molecule has 0 aliphatic carbocycles. The fourth-order valence-electron chi connectivity index (χ4n) is 3.80. The molecule has 28 heavy (non-hydrogen) atoms. The number of methoxy groups -OCH3 is 1. The van der Waals surface area contributed by atoms with Gasteiger partial charge in [0.15, 0.2) is 5.78 Å². The molecular weight excluding hydrogens is 348 g/mol. The fraction of sp³-hybridized carbons (Fsp3) is 0.0800. The van der Waals surface area contributed by atoms with Crippen LogP contribution in [0.4, 0.5) is 0 Å². The highest BCUT2D eigenvalue weighted by atomic mass is 16.5. The number of hydrogen-bond acceptors (Lipinski definition) is 3. The van der Waals surface area contributed by atoms with Gasteiger partial charge in [-0.2, -0.15) is 0 Å². The summed E-state index contributed by atoms with van der Waals surface area (Å²) < 4.78 is 11.4. The molecule has 1 heterocycles. The second-order valence-electron chi connectivity index (χ2n) is 7.00. The molecule has 0 aliphatic rings. The maximum Gasteiger partial charge on any atom is 0.193 e. The van der Waals surface area contributed by atoms with Gasteiger partial charge < -0.3 is 9.15 Å². The summed E-state index contributed by atoms with van der Waals surface area (Å²) in [6.45, 7) is 2.01. The molecule has 0 unspecified atom stereocenters. The molecule has 0 bridgehead atoms. The van der Waals surface area contributed by atoms with Gasteiger partial charge in [-0.25, -0.2) is 0 Å². The van der Waals surface area contributed by atoms with Crippen molar-refractivity contribution in [2.24, 2.45) is 0 Å². The number of fused-ring (bicyclic) bond motifs is 5. The standard InChI is InChI=1S/C25H18O3/c1-15-7-9-16(10-8-15)25(26)21-14-23-24(19-6-4-3-5-18(19)21)20-12-11-17(27-2)13-22(20)28-23/h3-14H,1-2H3. The van der Waals surface area contributed by atoms with Crippen LogP contribution in [0.15, 0.2) is 77.2 Å². The summed E-state index contributed by atoms with van der Waals surface area (Å²) in [6.07, 6.45) is 0. The van der Waals surface area contributed by atoms with Crippen LogP contribution in [0, 0.1) is 6.92 Å². The zero-order chi connectivity index (χ0) is 19.3. The van der Waals surface area contributed by atoms with Crippen molar-refractivity contribution < 1.29 is 13.9 Å². The number of aryl methyl sites for hydroxylation is 1. The van der Waals surface area contributed by atoms with Crippen LogP contribution in [-0.4, -0.2) is 12.9 Å². The summed E-state index contributed by atoms with van der Waals surface area (Å²) >= 11 is 0. The van der Waals surface area contributed by atoms with E-state index in [1.165, 1.54) is 0 Å². The molecule has 3 nitrogen and oxygen atoms in total.